The number of carbonyl (C=O) groups is 1. The first-order chi connectivity index (χ1) is 11.8. The SMILES string of the molecule is CC(C)c1cccc(NC(=O)CNS(=O)(=O)c2ccccc2C#N)c1. The molecule has 0 saturated heterocycles. The van der Waals surface area contributed by atoms with Crippen molar-refractivity contribution in [2.45, 2.75) is 24.7 Å². The molecule has 0 spiro atoms. The molecule has 2 aromatic rings. The molecule has 0 unspecified atom stereocenters. The molecule has 2 rings (SSSR count). The second-order valence-electron chi connectivity index (χ2n) is 5.76. The number of amides is 1. The number of hydrogen-bond acceptors (Lipinski definition) is 4. The highest BCUT2D eigenvalue weighted by molar-refractivity contribution is 7.89. The van der Waals surface area contributed by atoms with Gasteiger partial charge in [0.2, 0.25) is 15.9 Å². The van der Waals surface area contributed by atoms with Gasteiger partial charge in [-0.2, -0.15) is 5.26 Å². The second kappa shape index (κ2) is 7.92. The van der Waals surface area contributed by atoms with Crippen molar-refractivity contribution in [3.63, 3.8) is 0 Å². The normalized spacial score (nSPS) is 11.1. The molecule has 2 aromatic carbocycles. The third kappa shape index (κ3) is 4.89. The van der Waals surface area contributed by atoms with Crippen LogP contribution < -0.4 is 10.0 Å². The minimum atomic E-state index is -3.95. The number of carbonyl (C=O) groups excluding carboxylic acids is 1. The van der Waals surface area contributed by atoms with Crippen LogP contribution >= 0.6 is 0 Å². The largest absolute Gasteiger partial charge is 0.325 e. The summed E-state index contributed by atoms with van der Waals surface area (Å²) >= 11 is 0. The molecule has 0 aliphatic carbocycles. The lowest BCUT2D eigenvalue weighted by atomic mass is 10.0. The first-order valence-corrected chi connectivity index (χ1v) is 9.20. The molecule has 0 heterocycles. The van der Waals surface area contributed by atoms with E-state index in [9.17, 15) is 13.2 Å². The van der Waals surface area contributed by atoms with E-state index in [0.29, 0.717) is 11.6 Å². The van der Waals surface area contributed by atoms with E-state index in [1.807, 2.05) is 38.1 Å². The van der Waals surface area contributed by atoms with Gasteiger partial charge >= 0.3 is 0 Å². The fourth-order valence-electron chi connectivity index (χ4n) is 2.21. The molecule has 0 aromatic heterocycles. The number of hydrogen-bond donors (Lipinski definition) is 2. The van der Waals surface area contributed by atoms with E-state index in [2.05, 4.69) is 10.0 Å². The Morgan fingerprint density at radius 2 is 1.88 bits per heavy atom. The summed E-state index contributed by atoms with van der Waals surface area (Å²) in [7, 11) is -3.95. The summed E-state index contributed by atoms with van der Waals surface area (Å²) in [6.45, 7) is 3.66. The maximum absolute atomic E-state index is 12.3. The monoisotopic (exact) mass is 357 g/mol. The molecule has 0 fully saturated rings. The van der Waals surface area contributed by atoms with Gasteiger partial charge in [-0.3, -0.25) is 4.79 Å². The highest BCUT2D eigenvalue weighted by Crippen LogP contribution is 2.18. The molecule has 0 aliphatic heterocycles. The zero-order chi connectivity index (χ0) is 18.4. The van der Waals surface area contributed by atoms with Crippen molar-refractivity contribution in [1.29, 1.82) is 5.26 Å². The van der Waals surface area contributed by atoms with E-state index in [1.165, 1.54) is 18.2 Å². The van der Waals surface area contributed by atoms with Crippen LogP contribution in [0.25, 0.3) is 0 Å². The molecule has 25 heavy (non-hydrogen) atoms. The van der Waals surface area contributed by atoms with Crippen LogP contribution in [0.2, 0.25) is 0 Å². The molecular formula is C18H19N3O3S. The molecule has 1 amide bonds. The average molecular weight is 357 g/mol. The van der Waals surface area contributed by atoms with Crippen LogP contribution in [0.1, 0.15) is 30.9 Å². The Labute approximate surface area is 147 Å². The quantitative estimate of drug-likeness (QED) is 0.830. The van der Waals surface area contributed by atoms with Crippen molar-refractivity contribution >= 4 is 21.6 Å². The Kier molecular flexibility index (Phi) is 5.91. The summed E-state index contributed by atoms with van der Waals surface area (Å²) in [4.78, 5) is 11.9. The first kappa shape index (κ1) is 18.6. The maximum atomic E-state index is 12.3. The van der Waals surface area contributed by atoms with E-state index >= 15 is 0 Å². The molecule has 7 heteroatoms. The van der Waals surface area contributed by atoms with Crippen molar-refractivity contribution in [3.05, 3.63) is 59.7 Å². The van der Waals surface area contributed by atoms with Gasteiger partial charge in [0.25, 0.3) is 0 Å². The Balaban J connectivity index is 2.04. The third-order valence-electron chi connectivity index (χ3n) is 3.56. The van der Waals surface area contributed by atoms with Crippen molar-refractivity contribution in [3.8, 4) is 6.07 Å². The van der Waals surface area contributed by atoms with Crippen LogP contribution in [0.3, 0.4) is 0 Å². The minimum absolute atomic E-state index is 0.0278. The number of benzene rings is 2. The Hall–Kier alpha value is -2.69. The van der Waals surface area contributed by atoms with Gasteiger partial charge < -0.3 is 5.32 Å². The van der Waals surface area contributed by atoms with E-state index < -0.39 is 22.5 Å². The highest BCUT2D eigenvalue weighted by atomic mass is 32.2. The Morgan fingerprint density at radius 3 is 2.56 bits per heavy atom. The predicted octanol–water partition coefficient (Wildman–Crippen LogP) is 2.60. The van der Waals surface area contributed by atoms with Crippen molar-refractivity contribution in [2.24, 2.45) is 0 Å². The topological polar surface area (TPSA) is 99.1 Å². The van der Waals surface area contributed by atoms with Gasteiger partial charge in [0.05, 0.1) is 17.0 Å². The van der Waals surface area contributed by atoms with E-state index in [1.54, 1.807) is 12.1 Å². The third-order valence-corrected chi connectivity index (χ3v) is 5.02. The van der Waals surface area contributed by atoms with E-state index in [0.717, 1.165) is 5.56 Å². The van der Waals surface area contributed by atoms with E-state index in [4.69, 9.17) is 5.26 Å². The predicted molar refractivity (Wildman–Crippen MR) is 95.5 cm³/mol. The van der Waals surface area contributed by atoms with Gasteiger partial charge in [-0.25, -0.2) is 13.1 Å². The zero-order valence-corrected chi connectivity index (χ0v) is 14.8. The van der Waals surface area contributed by atoms with Crippen LogP contribution in [-0.2, 0) is 14.8 Å². The number of rotatable bonds is 6. The summed E-state index contributed by atoms with van der Waals surface area (Å²) in [5.41, 5.74) is 1.70. The molecular weight excluding hydrogens is 338 g/mol. The van der Waals surface area contributed by atoms with E-state index in [-0.39, 0.29) is 10.5 Å². The smallest absolute Gasteiger partial charge is 0.242 e. The van der Waals surface area contributed by atoms with Gasteiger partial charge in [0.15, 0.2) is 0 Å². The number of nitrogens with one attached hydrogen (secondary N) is 2. The van der Waals surface area contributed by atoms with Crippen LogP contribution in [0.4, 0.5) is 5.69 Å². The molecule has 2 N–H and O–H groups in total. The zero-order valence-electron chi connectivity index (χ0n) is 14.0. The van der Waals surface area contributed by atoms with Crippen LogP contribution in [0.5, 0.6) is 0 Å². The lowest BCUT2D eigenvalue weighted by molar-refractivity contribution is -0.115. The molecule has 6 nitrogen and oxygen atoms in total. The minimum Gasteiger partial charge on any atom is -0.325 e. The molecule has 0 atom stereocenters. The molecule has 0 bridgehead atoms. The number of sulfonamides is 1. The summed E-state index contributed by atoms with van der Waals surface area (Å²) in [6.07, 6.45) is 0. The average Bonchev–Trinajstić information content (AvgIpc) is 2.60. The lowest BCUT2D eigenvalue weighted by Gasteiger charge is -2.11. The van der Waals surface area contributed by atoms with Gasteiger partial charge in [0.1, 0.15) is 6.07 Å². The Morgan fingerprint density at radius 1 is 1.16 bits per heavy atom. The number of anilines is 1. The van der Waals surface area contributed by atoms with Crippen LogP contribution in [0, 0.1) is 11.3 Å². The fourth-order valence-corrected chi connectivity index (χ4v) is 3.35. The summed E-state index contributed by atoms with van der Waals surface area (Å²) in [6, 6.07) is 15.0. The summed E-state index contributed by atoms with van der Waals surface area (Å²) in [5.74, 6) is -0.170. The van der Waals surface area contributed by atoms with Crippen molar-refractivity contribution in [1.82, 2.24) is 4.72 Å². The van der Waals surface area contributed by atoms with Gasteiger partial charge in [-0.15, -0.1) is 0 Å². The van der Waals surface area contributed by atoms with Crippen molar-refractivity contribution in [2.75, 3.05) is 11.9 Å². The summed E-state index contributed by atoms with van der Waals surface area (Å²) in [5, 5.41) is 11.7. The molecule has 0 saturated carbocycles. The van der Waals surface area contributed by atoms with Crippen LogP contribution in [0.15, 0.2) is 53.4 Å². The highest BCUT2D eigenvalue weighted by Gasteiger charge is 2.19. The van der Waals surface area contributed by atoms with Gasteiger partial charge in [0, 0.05) is 5.69 Å². The fraction of sp³-hybridized carbons (Fsp3) is 0.222. The van der Waals surface area contributed by atoms with Gasteiger partial charge in [-0.1, -0.05) is 38.1 Å². The van der Waals surface area contributed by atoms with Crippen LogP contribution in [-0.4, -0.2) is 20.9 Å². The van der Waals surface area contributed by atoms with Gasteiger partial charge in [-0.05, 0) is 35.7 Å². The lowest BCUT2D eigenvalue weighted by Crippen LogP contribution is -2.33. The first-order valence-electron chi connectivity index (χ1n) is 7.72. The standard InChI is InChI=1S/C18H19N3O3S/c1-13(2)14-7-5-8-16(10-14)21-18(22)12-20-25(23,24)17-9-4-3-6-15(17)11-19/h3-10,13,20H,12H2,1-2H3,(H,21,22). The summed E-state index contributed by atoms with van der Waals surface area (Å²) < 4.78 is 26.8. The molecule has 0 radical (unpaired) electrons. The Bertz CT molecular complexity index is 915. The maximum Gasteiger partial charge on any atom is 0.242 e. The molecule has 0 aliphatic rings. The number of nitrogens with zero attached hydrogens (tertiary/aromatic N) is 1. The second-order valence-corrected chi connectivity index (χ2v) is 7.50. The number of nitriles is 1. The molecule has 130 valence electrons. The van der Waals surface area contributed by atoms with Crippen molar-refractivity contribution < 1.29 is 13.2 Å².